The summed E-state index contributed by atoms with van der Waals surface area (Å²) in [4.78, 5) is 6.33. The molecule has 0 aliphatic rings. The van der Waals surface area contributed by atoms with Crippen molar-refractivity contribution in [1.82, 2.24) is 20.0 Å². The van der Waals surface area contributed by atoms with Gasteiger partial charge in [0.25, 0.3) is 0 Å². The molecule has 0 saturated carbocycles. The van der Waals surface area contributed by atoms with E-state index in [1.54, 1.807) is 6.26 Å². The lowest BCUT2D eigenvalue weighted by Gasteiger charge is -2.12. The van der Waals surface area contributed by atoms with Crippen molar-refractivity contribution in [3.63, 3.8) is 0 Å². The summed E-state index contributed by atoms with van der Waals surface area (Å²) in [6.45, 7) is 1.45. The molecule has 2 aromatic rings. The summed E-state index contributed by atoms with van der Waals surface area (Å²) in [5.74, 6) is 0.947. The van der Waals surface area contributed by atoms with E-state index in [2.05, 4.69) is 20.0 Å². The molecular formula is C11H17N5O. The number of rotatable bonds is 5. The molecule has 0 saturated heterocycles. The molecule has 2 aromatic heterocycles. The molecule has 6 heteroatoms. The van der Waals surface area contributed by atoms with E-state index >= 15 is 0 Å². The number of nitrogens with one attached hydrogen (secondary N) is 1. The van der Waals surface area contributed by atoms with Crippen molar-refractivity contribution in [2.24, 2.45) is 7.05 Å². The summed E-state index contributed by atoms with van der Waals surface area (Å²) in [6, 6.07) is 1.85. The van der Waals surface area contributed by atoms with Crippen molar-refractivity contribution in [2.75, 3.05) is 19.0 Å². The number of imidazole rings is 1. The molecule has 6 nitrogen and oxygen atoms in total. The Morgan fingerprint density at radius 1 is 1.41 bits per heavy atom. The Bertz CT molecular complexity index is 460. The highest BCUT2D eigenvalue weighted by Gasteiger charge is 2.07. The fourth-order valence-electron chi connectivity index (χ4n) is 1.66. The molecule has 0 bridgehead atoms. The minimum atomic E-state index is 0.693. The van der Waals surface area contributed by atoms with Crippen LogP contribution >= 0.6 is 0 Å². The minimum Gasteiger partial charge on any atom is -0.364 e. The van der Waals surface area contributed by atoms with Crippen molar-refractivity contribution >= 4 is 5.95 Å². The van der Waals surface area contributed by atoms with E-state index in [1.807, 2.05) is 38.3 Å². The molecule has 0 atom stereocenters. The average Bonchev–Trinajstić information content (AvgIpc) is 2.89. The summed E-state index contributed by atoms with van der Waals surface area (Å²) >= 11 is 0. The third kappa shape index (κ3) is 2.65. The number of hydrogen-bond donors (Lipinski definition) is 1. The van der Waals surface area contributed by atoms with Crippen LogP contribution in [0.2, 0.25) is 0 Å². The highest BCUT2D eigenvalue weighted by Crippen LogP contribution is 2.10. The van der Waals surface area contributed by atoms with Crippen molar-refractivity contribution in [2.45, 2.75) is 13.1 Å². The van der Waals surface area contributed by atoms with Crippen LogP contribution in [0.25, 0.3) is 0 Å². The maximum absolute atomic E-state index is 4.76. The summed E-state index contributed by atoms with van der Waals surface area (Å²) in [5, 5.41) is 7.13. The molecule has 0 aliphatic carbocycles. The minimum absolute atomic E-state index is 0.693. The quantitative estimate of drug-likeness (QED) is 0.829. The topological polar surface area (TPSA) is 59.1 Å². The van der Waals surface area contributed by atoms with Crippen molar-refractivity contribution < 1.29 is 4.52 Å². The summed E-state index contributed by atoms with van der Waals surface area (Å²) in [7, 11) is 5.97. The Balaban J connectivity index is 1.91. The first-order valence-corrected chi connectivity index (χ1v) is 5.46. The molecule has 0 unspecified atom stereocenters. The van der Waals surface area contributed by atoms with Gasteiger partial charge in [0.1, 0.15) is 6.26 Å². The van der Waals surface area contributed by atoms with Gasteiger partial charge in [-0.25, -0.2) is 4.98 Å². The van der Waals surface area contributed by atoms with Crippen LogP contribution in [0.4, 0.5) is 5.95 Å². The molecule has 0 fully saturated rings. The SMILES string of the molecule is CN(C)c1ncc(CNCc2ccon2)n1C. The van der Waals surface area contributed by atoms with E-state index in [0.29, 0.717) is 6.54 Å². The van der Waals surface area contributed by atoms with Gasteiger partial charge in [-0.1, -0.05) is 5.16 Å². The standard InChI is InChI=1S/C11H17N5O/c1-15(2)11-13-8-10(16(11)3)7-12-6-9-4-5-17-14-9/h4-5,8,12H,6-7H2,1-3H3. The zero-order chi connectivity index (χ0) is 12.3. The van der Waals surface area contributed by atoms with Gasteiger partial charge in [0.05, 0.1) is 17.6 Å². The van der Waals surface area contributed by atoms with Gasteiger partial charge in [0.15, 0.2) is 0 Å². The van der Waals surface area contributed by atoms with Gasteiger partial charge in [-0.15, -0.1) is 0 Å². The maximum Gasteiger partial charge on any atom is 0.204 e. The first kappa shape index (κ1) is 11.7. The molecule has 0 aromatic carbocycles. The monoisotopic (exact) mass is 235 g/mol. The Morgan fingerprint density at radius 3 is 2.82 bits per heavy atom. The fourth-order valence-corrected chi connectivity index (χ4v) is 1.66. The van der Waals surface area contributed by atoms with Gasteiger partial charge < -0.3 is 19.3 Å². The molecule has 0 amide bonds. The third-order valence-electron chi connectivity index (χ3n) is 2.56. The Kier molecular flexibility index (Phi) is 3.43. The number of hydrogen-bond acceptors (Lipinski definition) is 5. The van der Waals surface area contributed by atoms with E-state index in [1.165, 1.54) is 0 Å². The lowest BCUT2D eigenvalue weighted by Crippen LogP contribution is -2.18. The zero-order valence-corrected chi connectivity index (χ0v) is 10.3. The Labute approximate surface area is 100 Å². The zero-order valence-electron chi connectivity index (χ0n) is 10.3. The average molecular weight is 235 g/mol. The predicted molar refractivity (Wildman–Crippen MR) is 64.6 cm³/mol. The largest absolute Gasteiger partial charge is 0.364 e. The van der Waals surface area contributed by atoms with Crippen LogP contribution in [0.15, 0.2) is 23.0 Å². The molecular weight excluding hydrogens is 218 g/mol. The molecule has 1 N–H and O–H groups in total. The Morgan fingerprint density at radius 2 is 2.24 bits per heavy atom. The van der Waals surface area contributed by atoms with Gasteiger partial charge in [-0.2, -0.15) is 0 Å². The highest BCUT2D eigenvalue weighted by molar-refractivity contribution is 5.30. The van der Waals surface area contributed by atoms with E-state index in [4.69, 9.17) is 4.52 Å². The first-order valence-electron chi connectivity index (χ1n) is 5.46. The lowest BCUT2D eigenvalue weighted by atomic mass is 10.4. The molecule has 0 radical (unpaired) electrons. The fraction of sp³-hybridized carbons (Fsp3) is 0.455. The van der Waals surface area contributed by atoms with Crippen LogP contribution in [-0.2, 0) is 20.1 Å². The first-order chi connectivity index (χ1) is 8.18. The van der Waals surface area contributed by atoms with Gasteiger partial charge in [0.2, 0.25) is 5.95 Å². The molecule has 17 heavy (non-hydrogen) atoms. The number of aromatic nitrogens is 3. The second-order valence-corrected chi connectivity index (χ2v) is 4.10. The molecule has 2 heterocycles. The van der Waals surface area contributed by atoms with Crippen LogP contribution in [0.3, 0.4) is 0 Å². The normalized spacial score (nSPS) is 10.8. The lowest BCUT2D eigenvalue weighted by molar-refractivity contribution is 0.408. The second kappa shape index (κ2) is 5.01. The predicted octanol–water partition coefficient (Wildman–Crippen LogP) is 0.764. The molecule has 0 spiro atoms. The summed E-state index contributed by atoms with van der Waals surface area (Å²) in [6.07, 6.45) is 3.45. The van der Waals surface area contributed by atoms with E-state index < -0.39 is 0 Å². The van der Waals surface area contributed by atoms with Crippen LogP contribution in [0.5, 0.6) is 0 Å². The number of anilines is 1. The van der Waals surface area contributed by atoms with Crippen molar-refractivity contribution in [3.8, 4) is 0 Å². The van der Waals surface area contributed by atoms with E-state index in [0.717, 1.165) is 23.9 Å². The summed E-state index contributed by atoms with van der Waals surface area (Å²) < 4.78 is 6.83. The van der Waals surface area contributed by atoms with Crippen LogP contribution in [-0.4, -0.2) is 28.8 Å². The molecule has 92 valence electrons. The van der Waals surface area contributed by atoms with Crippen molar-refractivity contribution in [3.05, 3.63) is 29.9 Å². The number of nitrogens with zero attached hydrogens (tertiary/aromatic N) is 4. The van der Waals surface area contributed by atoms with Gasteiger partial charge in [0, 0.05) is 40.3 Å². The van der Waals surface area contributed by atoms with Gasteiger partial charge in [-0.3, -0.25) is 0 Å². The Hall–Kier alpha value is -1.82. The van der Waals surface area contributed by atoms with E-state index in [-0.39, 0.29) is 0 Å². The third-order valence-corrected chi connectivity index (χ3v) is 2.56. The highest BCUT2D eigenvalue weighted by atomic mass is 16.5. The van der Waals surface area contributed by atoms with Crippen LogP contribution in [0.1, 0.15) is 11.4 Å². The van der Waals surface area contributed by atoms with Crippen LogP contribution in [0, 0.1) is 0 Å². The van der Waals surface area contributed by atoms with Gasteiger partial charge in [-0.05, 0) is 0 Å². The van der Waals surface area contributed by atoms with Crippen LogP contribution < -0.4 is 10.2 Å². The van der Waals surface area contributed by atoms with Crippen molar-refractivity contribution in [1.29, 1.82) is 0 Å². The van der Waals surface area contributed by atoms with E-state index in [9.17, 15) is 0 Å². The molecule has 0 aliphatic heterocycles. The second-order valence-electron chi connectivity index (χ2n) is 4.10. The molecule has 2 rings (SSSR count). The summed E-state index contributed by atoms with van der Waals surface area (Å²) in [5.41, 5.74) is 2.04. The smallest absolute Gasteiger partial charge is 0.204 e. The maximum atomic E-state index is 4.76. The van der Waals surface area contributed by atoms with Gasteiger partial charge >= 0.3 is 0 Å².